The van der Waals surface area contributed by atoms with E-state index in [-0.39, 0.29) is 19.0 Å². The van der Waals surface area contributed by atoms with E-state index in [9.17, 15) is 4.79 Å². The molecule has 2 aromatic heterocycles. The van der Waals surface area contributed by atoms with E-state index in [0.717, 1.165) is 48.8 Å². The molecular formula is C16H22ClN3O3S. The molecule has 0 atom stereocenters. The zero-order valence-electron chi connectivity index (χ0n) is 13.6. The Labute approximate surface area is 151 Å². The van der Waals surface area contributed by atoms with E-state index in [1.54, 1.807) is 11.3 Å². The van der Waals surface area contributed by atoms with Crippen LogP contribution in [0.3, 0.4) is 0 Å². The van der Waals surface area contributed by atoms with E-state index in [1.807, 2.05) is 35.5 Å². The zero-order valence-corrected chi connectivity index (χ0v) is 15.2. The van der Waals surface area contributed by atoms with E-state index in [0.29, 0.717) is 6.04 Å². The molecule has 0 aromatic carbocycles. The topological polar surface area (TPSA) is 69.8 Å². The van der Waals surface area contributed by atoms with Gasteiger partial charge in [0, 0.05) is 31.7 Å². The van der Waals surface area contributed by atoms with E-state index in [1.165, 1.54) is 0 Å². The van der Waals surface area contributed by atoms with Crippen molar-refractivity contribution in [2.75, 3.05) is 26.7 Å². The molecule has 3 rings (SSSR count). The molecule has 2 aromatic rings. The van der Waals surface area contributed by atoms with E-state index in [2.05, 4.69) is 10.1 Å². The highest BCUT2D eigenvalue weighted by Gasteiger charge is 2.24. The highest BCUT2D eigenvalue weighted by molar-refractivity contribution is 7.13. The molecule has 1 saturated heterocycles. The van der Waals surface area contributed by atoms with Gasteiger partial charge in [-0.25, -0.2) is 0 Å². The lowest BCUT2D eigenvalue weighted by molar-refractivity contribution is -0.138. The molecule has 0 bridgehead atoms. The van der Waals surface area contributed by atoms with Crippen molar-refractivity contribution < 1.29 is 14.4 Å². The van der Waals surface area contributed by atoms with Gasteiger partial charge in [0.1, 0.15) is 0 Å². The van der Waals surface area contributed by atoms with Crippen LogP contribution in [0.4, 0.5) is 0 Å². The van der Waals surface area contributed by atoms with E-state index < -0.39 is 5.97 Å². The number of likely N-dealkylation sites (tertiary alicyclic amines) is 1. The molecular weight excluding hydrogens is 350 g/mol. The molecule has 1 fully saturated rings. The maximum atomic E-state index is 10.8. The second-order valence-corrected chi connectivity index (χ2v) is 6.92. The Morgan fingerprint density at radius 2 is 2.25 bits per heavy atom. The smallest absolute Gasteiger partial charge is 0.317 e. The lowest BCUT2D eigenvalue weighted by atomic mass is 10.0. The van der Waals surface area contributed by atoms with Crippen LogP contribution in [0.25, 0.3) is 10.6 Å². The van der Waals surface area contributed by atoms with Gasteiger partial charge in [0.2, 0.25) is 0 Å². The number of aromatic nitrogens is 1. The first kappa shape index (κ1) is 18.9. The number of likely N-dealkylation sites (N-methyl/N-ethyl adjacent to an activating group) is 1. The van der Waals surface area contributed by atoms with Crippen LogP contribution in [0.1, 0.15) is 18.5 Å². The molecule has 1 aliphatic heterocycles. The van der Waals surface area contributed by atoms with Crippen LogP contribution >= 0.6 is 23.7 Å². The highest BCUT2D eigenvalue weighted by atomic mass is 35.5. The van der Waals surface area contributed by atoms with Gasteiger partial charge in [0.25, 0.3) is 0 Å². The third-order valence-corrected chi connectivity index (χ3v) is 5.16. The average Bonchev–Trinajstić information content (AvgIpc) is 3.18. The maximum Gasteiger partial charge on any atom is 0.317 e. The SMILES string of the molecule is CN(CC(=O)O)C1CCN(Cc2cc(-c3cccs3)on2)CC1.Cl. The van der Waals surface area contributed by atoms with Crippen molar-refractivity contribution in [1.82, 2.24) is 15.0 Å². The lowest BCUT2D eigenvalue weighted by Gasteiger charge is -2.35. The first-order valence-electron chi connectivity index (χ1n) is 7.75. The zero-order chi connectivity index (χ0) is 16.2. The largest absolute Gasteiger partial charge is 0.480 e. The van der Waals surface area contributed by atoms with Crippen molar-refractivity contribution in [3.05, 3.63) is 29.3 Å². The Morgan fingerprint density at radius 3 is 2.88 bits per heavy atom. The Kier molecular flexibility index (Phi) is 6.79. The fraction of sp³-hybridized carbons (Fsp3) is 0.500. The number of rotatable bonds is 6. The van der Waals surface area contributed by atoms with Crippen LogP contribution in [-0.4, -0.2) is 58.8 Å². The summed E-state index contributed by atoms with van der Waals surface area (Å²) in [5.74, 6) is 0.0599. The quantitative estimate of drug-likeness (QED) is 0.842. The predicted octanol–water partition coefficient (Wildman–Crippen LogP) is 2.81. The maximum absolute atomic E-state index is 10.8. The number of thiophene rings is 1. The van der Waals surface area contributed by atoms with Gasteiger partial charge in [-0.2, -0.15) is 0 Å². The van der Waals surface area contributed by atoms with Crippen LogP contribution in [0.5, 0.6) is 0 Å². The molecule has 3 heterocycles. The summed E-state index contributed by atoms with van der Waals surface area (Å²) in [5.41, 5.74) is 0.950. The molecule has 6 nitrogen and oxygen atoms in total. The van der Waals surface area contributed by atoms with Gasteiger partial charge in [-0.15, -0.1) is 23.7 Å². The molecule has 0 radical (unpaired) electrons. The Hall–Kier alpha value is -1.41. The summed E-state index contributed by atoms with van der Waals surface area (Å²) in [6, 6.07) is 6.38. The molecule has 1 N–H and O–H groups in total. The first-order valence-corrected chi connectivity index (χ1v) is 8.63. The summed E-state index contributed by atoms with van der Waals surface area (Å²) in [7, 11) is 1.89. The summed E-state index contributed by atoms with van der Waals surface area (Å²) in [6.07, 6.45) is 1.97. The summed E-state index contributed by atoms with van der Waals surface area (Å²) in [4.78, 5) is 16.2. The van der Waals surface area contributed by atoms with E-state index >= 15 is 0 Å². The third kappa shape index (κ3) is 4.80. The number of carbonyl (C=O) groups is 1. The van der Waals surface area contributed by atoms with Crippen molar-refractivity contribution in [3.63, 3.8) is 0 Å². The number of hydrogen-bond donors (Lipinski definition) is 1. The molecule has 8 heteroatoms. The molecule has 132 valence electrons. The summed E-state index contributed by atoms with van der Waals surface area (Å²) < 4.78 is 5.41. The third-order valence-electron chi connectivity index (χ3n) is 4.27. The normalized spacial score (nSPS) is 16.2. The van der Waals surface area contributed by atoms with Crippen LogP contribution < -0.4 is 0 Å². The molecule has 0 amide bonds. The van der Waals surface area contributed by atoms with Crippen molar-refractivity contribution >= 4 is 29.7 Å². The van der Waals surface area contributed by atoms with Gasteiger partial charge in [0.15, 0.2) is 5.76 Å². The summed E-state index contributed by atoms with van der Waals surface area (Å²) >= 11 is 1.64. The summed E-state index contributed by atoms with van der Waals surface area (Å²) in [6.45, 7) is 2.80. The lowest BCUT2D eigenvalue weighted by Crippen LogP contribution is -2.44. The highest BCUT2D eigenvalue weighted by Crippen LogP contribution is 2.26. The van der Waals surface area contributed by atoms with Crippen molar-refractivity contribution in [2.24, 2.45) is 0 Å². The number of piperidine rings is 1. The Balaban J connectivity index is 0.00000208. The summed E-state index contributed by atoms with van der Waals surface area (Å²) in [5, 5.41) is 15.1. The Bertz CT molecular complexity index is 639. The predicted molar refractivity (Wildman–Crippen MR) is 95.6 cm³/mol. The van der Waals surface area contributed by atoms with Gasteiger partial charge in [-0.3, -0.25) is 14.6 Å². The number of carboxylic acids is 1. The van der Waals surface area contributed by atoms with Gasteiger partial charge in [-0.1, -0.05) is 11.2 Å². The number of carboxylic acid groups (broad SMARTS) is 1. The number of hydrogen-bond acceptors (Lipinski definition) is 6. The van der Waals surface area contributed by atoms with Crippen LogP contribution in [0, 0.1) is 0 Å². The van der Waals surface area contributed by atoms with Crippen LogP contribution in [0.15, 0.2) is 28.1 Å². The Morgan fingerprint density at radius 1 is 1.50 bits per heavy atom. The average molecular weight is 372 g/mol. The number of aliphatic carboxylic acids is 1. The number of nitrogens with zero attached hydrogens (tertiary/aromatic N) is 3. The van der Waals surface area contributed by atoms with Gasteiger partial charge < -0.3 is 9.63 Å². The van der Waals surface area contributed by atoms with Gasteiger partial charge in [-0.05, 0) is 31.3 Å². The fourth-order valence-corrected chi connectivity index (χ4v) is 3.68. The second-order valence-electron chi connectivity index (χ2n) is 5.98. The number of halogens is 1. The molecule has 0 spiro atoms. The van der Waals surface area contributed by atoms with Crippen LogP contribution in [-0.2, 0) is 11.3 Å². The fourth-order valence-electron chi connectivity index (χ4n) is 3.01. The molecule has 0 saturated carbocycles. The van der Waals surface area contributed by atoms with Crippen LogP contribution in [0.2, 0.25) is 0 Å². The molecule has 0 unspecified atom stereocenters. The molecule has 0 aliphatic carbocycles. The van der Waals surface area contributed by atoms with Crippen molar-refractivity contribution in [2.45, 2.75) is 25.4 Å². The van der Waals surface area contributed by atoms with Gasteiger partial charge in [0.05, 0.1) is 17.1 Å². The van der Waals surface area contributed by atoms with Crippen molar-refractivity contribution in [1.29, 1.82) is 0 Å². The molecule has 24 heavy (non-hydrogen) atoms. The van der Waals surface area contributed by atoms with Gasteiger partial charge >= 0.3 is 5.97 Å². The first-order chi connectivity index (χ1) is 11.1. The minimum Gasteiger partial charge on any atom is -0.480 e. The standard InChI is InChI=1S/C16H21N3O3S.ClH/c1-18(11-16(20)21)13-4-6-19(7-5-13)10-12-9-14(22-17-12)15-3-2-8-23-15;/h2-3,8-9,13H,4-7,10-11H2,1H3,(H,20,21);1H. The minimum atomic E-state index is -0.765. The second kappa shape index (κ2) is 8.62. The minimum absolute atomic E-state index is 0. The van der Waals surface area contributed by atoms with Crippen molar-refractivity contribution in [3.8, 4) is 10.6 Å². The van der Waals surface area contributed by atoms with E-state index in [4.69, 9.17) is 9.63 Å². The molecule has 1 aliphatic rings. The monoisotopic (exact) mass is 371 g/mol.